The highest BCUT2D eigenvalue weighted by Gasteiger charge is 2.37. The second kappa shape index (κ2) is 6.65. The molecule has 21 heavy (non-hydrogen) atoms. The average molecular weight is 376 g/mol. The Bertz CT molecular complexity index is 532. The van der Waals surface area contributed by atoms with E-state index in [1.165, 1.54) is 11.1 Å². The molecule has 0 radical (unpaired) electrons. The van der Waals surface area contributed by atoms with Crippen LogP contribution in [0.15, 0.2) is 22.7 Å². The summed E-state index contributed by atoms with van der Waals surface area (Å²) in [6.07, 6.45) is 3.14. The lowest BCUT2D eigenvalue weighted by molar-refractivity contribution is -0.130. The van der Waals surface area contributed by atoms with Crippen LogP contribution in [0.2, 0.25) is 0 Å². The number of hydrogen-bond acceptors (Lipinski definition) is 3. The van der Waals surface area contributed by atoms with Crippen molar-refractivity contribution in [1.29, 1.82) is 0 Å². The quantitative estimate of drug-likeness (QED) is 0.834. The number of rotatable bonds is 2. The van der Waals surface area contributed by atoms with Gasteiger partial charge in [-0.15, -0.1) is 12.4 Å². The van der Waals surface area contributed by atoms with Crippen molar-refractivity contribution in [1.82, 2.24) is 5.32 Å². The van der Waals surface area contributed by atoms with Crippen molar-refractivity contribution in [3.05, 3.63) is 33.8 Å². The first kappa shape index (κ1) is 16.7. The molecule has 1 heterocycles. The average Bonchev–Trinajstić information content (AvgIpc) is 2.82. The van der Waals surface area contributed by atoms with Gasteiger partial charge in [-0.1, -0.05) is 22.0 Å². The Balaban J connectivity index is 0.00000161. The van der Waals surface area contributed by atoms with E-state index in [1.54, 1.807) is 0 Å². The van der Waals surface area contributed by atoms with Gasteiger partial charge in [0, 0.05) is 17.7 Å². The van der Waals surface area contributed by atoms with Gasteiger partial charge in [0.05, 0.1) is 11.6 Å². The summed E-state index contributed by atoms with van der Waals surface area (Å²) in [4.78, 5) is 12.5. The predicted molar refractivity (Wildman–Crippen MR) is 87.6 cm³/mol. The van der Waals surface area contributed by atoms with Gasteiger partial charge in [-0.2, -0.15) is 0 Å². The number of aryl methyl sites for hydroxylation is 1. The van der Waals surface area contributed by atoms with Gasteiger partial charge in [-0.3, -0.25) is 4.79 Å². The van der Waals surface area contributed by atoms with Crippen molar-refractivity contribution < 1.29 is 9.53 Å². The molecule has 116 valence electrons. The third-order valence-electron chi connectivity index (χ3n) is 4.33. The molecule has 1 aliphatic heterocycles. The highest BCUT2D eigenvalue weighted by Crippen LogP contribution is 2.33. The second-order valence-electron chi connectivity index (χ2n) is 5.68. The number of ether oxygens (including phenoxy) is 1. The third kappa shape index (κ3) is 3.42. The lowest BCUT2D eigenvalue weighted by Gasteiger charge is -2.33. The zero-order valence-corrected chi connectivity index (χ0v) is 14.1. The molecule has 1 aromatic rings. The highest BCUT2D eigenvalue weighted by molar-refractivity contribution is 9.10. The Morgan fingerprint density at radius 3 is 2.81 bits per heavy atom. The van der Waals surface area contributed by atoms with Crippen LogP contribution in [-0.4, -0.2) is 24.7 Å². The molecule has 0 aromatic heterocycles. The van der Waals surface area contributed by atoms with E-state index >= 15 is 0 Å². The van der Waals surface area contributed by atoms with E-state index in [0.717, 1.165) is 17.3 Å². The Morgan fingerprint density at radius 2 is 2.10 bits per heavy atom. The van der Waals surface area contributed by atoms with Crippen molar-refractivity contribution >= 4 is 34.2 Å². The zero-order chi connectivity index (χ0) is 14.2. The number of nitrogens with one attached hydrogen (secondary N) is 1. The zero-order valence-electron chi connectivity index (χ0n) is 11.7. The van der Waals surface area contributed by atoms with Crippen LogP contribution in [0.1, 0.15) is 36.4 Å². The van der Waals surface area contributed by atoms with Gasteiger partial charge < -0.3 is 15.8 Å². The maximum Gasteiger partial charge on any atom is 0.240 e. The van der Waals surface area contributed by atoms with Crippen LogP contribution in [0, 0.1) is 0 Å². The minimum Gasteiger partial charge on any atom is -0.381 e. The summed E-state index contributed by atoms with van der Waals surface area (Å²) in [5.41, 5.74) is 7.99. The number of nitrogens with two attached hydrogens (primary N) is 1. The summed E-state index contributed by atoms with van der Waals surface area (Å²) in [7, 11) is 0. The number of amides is 1. The molecule has 3 rings (SSSR count). The van der Waals surface area contributed by atoms with E-state index in [-0.39, 0.29) is 24.4 Å². The minimum atomic E-state index is -0.767. The molecule has 1 atom stereocenters. The van der Waals surface area contributed by atoms with Crippen molar-refractivity contribution in [3.8, 4) is 0 Å². The molecule has 6 heteroatoms. The van der Waals surface area contributed by atoms with Crippen LogP contribution in [0.4, 0.5) is 0 Å². The van der Waals surface area contributed by atoms with Crippen molar-refractivity contribution in [2.45, 2.75) is 37.3 Å². The van der Waals surface area contributed by atoms with E-state index in [1.807, 2.05) is 6.07 Å². The lowest BCUT2D eigenvalue weighted by Crippen LogP contribution is -2.57. The number of carbonyl (C=O) groups is 1. The van der Waals surface area contributed by atoms with Crippen molar-refractivity contribution in [3.63, 3.8) is 0 Å². The van der Waals surface area contributed by atoms with Crippen LogP contribution >= 0.6 is 28.3 Å². The standard InChI is InChI=1S/C15H19BrN2O2.ClH/c16-11-2-3-12-10(9-11)1-4-13(12)18-14(19)15(17)5-7-20-8-6-15;/h2-3,9,13H,1,4-8,17H2,(H,18,19);1H. The van der Waals surface area contributed by atoms with E-state index in [9.17, 15) is 4.79 Å². The first-order valence-corrected chi connectivity index (χ1v) is 7.84. The van der Waals surface area contributed by atoms with Crippen LogP contribution in [0.25, 0.3) is 0 Å². The largest absolute Gasteiger partial charge is 0.381 e. The summed E-state index contributed by atoms with van der Waals surface area (Å²) in [5, 5.41) is 3.13. The second-order valence-corrected chi connectivity index (χ2v) is 6.59. The first-order valence-electron chi connectivity index (χ1n) is 7.04. The Morgan fingerprint density at radius 1 is 1.38 bits per heavy atom. The van der Waals surface area contributed by atoms with Gasteiger partial charge in [0.25, 0.3) is 0 Å². The SMILES string of the molecule is Cl.NC1(C(=O)NC2CCc3cc(Br)ccc32)CCOCC1. The van der Waals surface area contributed by atoms with Crippen molar-refractivity contribution in [2.75, 3.05) is 13.2 Å². The summed E-state index contributed by atoms with van der Waals surface area (Å²) in [5.74, 6) is -0.0402. The van der Waals surface area contributed by atoms with E-state index in [2.05, 4.69) is 33.4 Å². The fourth-order valence-electron chi connectivity index (χ4n) is 3.00. The van der Waals surface area contributed by atoms with Crippen LogP contribution in [0.5, 0.6) is 0 Å². The fraction of sp³-hybridized carbons (Fsp3) is 0.533. The molecule has 1 unspecified atom stereocenters. The summed E-state index contributed by atoms with van der Waals surface area (Å²) >= 11 is 3.49. The normalized spacial score (nSPS) is 23.0. The number of fused-ring (bicyclic) bond motifs is 1. The topological polar surface area (TPSA) is 64.4 Å². The van der Waals surface area contributed by atoms with Crippen LogP contribution in [-0.2, 0) is 16.0 Å². The van der Waals surface area contributed by atoms with Gasteiger partial charge in [0.2, 0.25) is 5.91 Å². The van der Waals surface area contributed by atoms with E-state index in [4.69, 9.17) is 10.5 Å². The molecule has 0 saturated carbocycles. The molecule has 2 aliphatic rings. The number of hydrogen-bond donors (Lipinski definition) is 2. The summed E-state index contributed by atoms with van der Waals surface area (Å²) in [6.45, 7) is 1.14. The van der Waals surface area contributed by atoms with Gasteiger partial charge >= 0.3 is 0 Å². The van der Waals surface area contributed by atoms with E-state index < -0.39 is 5.54 Å². The van der Waals surface area contributed by atoms with Gasteiger partial charge in [0.1, 0.15) is 0 Å². The molecule has 1 aliphatic carbocycles. The maximum absolute atomic E-state index is 12.5. The number of halogens is 2. The van der Waals surface area contributed by atoms with Crippen LogP contribution < -0.4 is 11.1 Å². The molecule has 0 bridgehead atoms. The lowest BCUT2D eigenvalue weighted by atomic mass is 9.90. The predicted octanol–water partition coefficient (Wildman–Crippen LogP) is 2.48. The molecule has 3 N–H and O–H groups in total. The van der Waals surface area contributed by atoms with Crippen molar-refractivity contribution in [2.24, 2.45) is 5.73 Å². The number of benzene rings is 1. The molecule has 1 aromatic carbocycles. The van der Waals surface area contributed by atoms with Crippen LogP contribution in [0.3, 0.4) is 0 Å². The summed E-state index contributed by atoms with van der Waals surface area (Å²) < 4.78 is 6.38. The van der Waals surface area contributed by atoms with Gasteiger partial charge in [-0.25, -0.2) is 0 Å². The molecule has 4 nitrogen and oxygen atoms in total. The highest BCUT2D eigenvalue weighted by atomic mass is 79.9. The minimum absolute atomic E-state index is 0. The third-order valence-corrected chi connectivity index (χ3v) is 4.82. The molecular formula is C15H20BrClN2O2. The first-order chi connectivity index (χ1) is 9.58. The Hall–Kier alpha value is -0.620. The molecule has 1 amide bonds. The van der Waals surface area contributed by atoms with Gasteiger partial charge in [0.15, 0.2) is 0 Å². The molecule has 1 fully saturated rings. The van der Waals surface area contributed by atoms with E-state index in [0.29, 0.717) is 26.1 Å². The monoisotopic (exact) mass is 374 g/mol. The smallest absolute Gasteiger partial charge is 0.240 e. The fourth-order valence-corrected chi connectivity index (χ4v) is 3.41. The molecule has 1 saturated heterocycles. The Kier molecular flexibility index (Phi) is 5.30. The van der Waals surface area contributed by atoms with Gasteiger partial charge in [-0.05, 0) is 48.9 Å². The molecular weight excluding hydrogens is 356 g/mol. The Labute approximate surface area is 139 Å². The number of carbonyl (C=O) groups excluding carboxylic acids is 1. The summed E-state index contributed by atoms with van der Waals surface area (Å²) in [6, 6.07) is 6.34. The molecule has 0 spiro atoms. The maximum atomic E-state index is 12.5.